The van der Waals surface area contributed by atoms with Crippen molar-refractivity contribution in [2.45, 2.75) is 127 Å². The minimum absolute atomic E-state index is 0.0649. The Morgan fingerprint density at radius 1 is 0.671 bits per heavy atom. The van der Waals surface area contributed by atoms with E-state index in [1.54, 1.807) is 34.0 Å². The highest BCUT2D eigenvalue weighted by Crippen LogP contribution is 2.46. The van der Waals surface area contributed by atoms with Crippen molar-refractivity contribution in [2.24, 2.45) is 11.8 Å². The molecule has 0 radical (unpaired) electrons. The third-order valence-electron chi connectivity index (χ3n) is 15.0. The number of ether oxygens (including phenoxy) is 2. The minimum Gasteiger partial charge on any atom is -0.449 e. The predicted molar refractivity (Wildman–Crippen MR) is 288 cm³/mol. The summed E-state index contributed by atoms with van der Waals surface area (Å²) in [6, 6.07) is 37.6. The molecule has 2 aliphatic rings. The normalized spacial score (nSPS) is 16.4. The number of hydrogen-bond donors (Lipinski definition) is 2. The summed E-state index contributed by atoms with van der Waals surface area (Å²) in [7, 11) is 4.61. The van der Waals surface area contributed by atoms with Crippen LogP contribution in [-0.4, -0.2) is 85.5 Å². The number of carbonyl (C=O) groups is 5. The van der Waals surface area contributed by atoms with E-state index in [4.69, 9.17) is 21.1 Å². The van der Waals surface area contributed by atoms with Gasteiger partial charge in [-0.15, -0.1) is 0 Å². The maximum atomic E-state index is 14.8. The third-order valence-corrected chi connectivity index (χ3v) is 15.4. The maximum absolute atomic E-state index is 14.8. The molecule has 1 saturated carbocycles. The Labute approximate surface area is 437 Å². The highest BCUT2D eigenvalue weighted by Gasteiger charge is 2.44. The van der Waals surface area contributed by atoms with Crippen LogP contribution in [0.15, 0.2) is 127 Å². The molecule has 2 N–H and O–H groups in total. The molecular formula is C61H73ClN4O7. The highest BCUT2D eigenvalue weighted by atomic mass is 35.5. The van der Waals surface area contributed by atoms with Gasteiger partial charge < -0.3 is 29.9 Å². The smallest absolute Gasteiger partial charge is 0.407 e. The van der Waals surface area contributed by atoms with E-state index in [0.717, 1.165) is 35.1 Å². The molecule has 0 aliphatic heterocycles. The minimum atomic E-state index is -1.55. The zero-order valence-electron chi connectivity index (χ0n) is 43.6. The van der Waals surface area contributed by atoms with E-state index in [1.807, 2.05) is 111 Å². The van der Waals surface area contributed by atoms with Gasteiger partial charge in [-0.1, -0.05) is 206 Å². The largest absolute Gasteiger partial charge is 0.449 e. The zero-order chi connectivity index (χ0) is 52.2. The number of likely N-dealkylation sites (N-methyl/N-ethyl adjacent to an activating group) is 2. The second-order valence-corrected chi connectivity index (χ2v) is 20.9. The average molecular weight is 1010 g/mol. The molecule has 4 amide bonds. The van der Waals surface area contributed by atoms with Gasteiger partial charge in [0.25, 0.3) is 0 Å². The molecular weight excluding hydrogens is 936 g/mol. The summed E-state index contributed by atoms with van der Waals surface area (Å²) >= 11 is 7.06. The Kier molecular flexibility index (Phi) is 18.6. The molecule has 2 aliphatic carbocycles. The molecule has 0 saturated heterocycles. The van der Waals surface area contributed by atoms with E-state index in [-0.39, 0.29) is 18.4 Å². The van der Waals surface area contributed by atoms with Gasteiger partial charge in [-0.2, -0.15) is 0 Å². The molecule has 1 unspecified atom stereocenters. The van der Waals surface area contributed by atoms with Crippen molar-refractivity contribution in [3.05, 3.63) is 166 Å². The van der Waals surface area contributed by atoms with Crippen LogP contribution >= 0.6 is 11.6 Å². The molecule has 0 heterocycles. The van der Waals surface area contributed by atoms with Gasteiger partial charge in [0.1, 0.15) is 24.7 Å². The van der Waals surface area contributed by atoms with E-state index >= 15 is 0 Å². The van der Waals surface area contributed by atoms with E-state index < -0.39 is 65.8 Å². The highest BCUT2D eigenvalue weighted by molar-refractivity contribution is 6.31. The number of carbonyl (C=O) groups excluding carboxylic acids is 5. The van der Waals surface area contributed by atoms with Gasteiger partial charge in [-0.3, -0.25) is 19.2 Å². The fraction of sp³-hybridized carbons (Fsp3) is 0.426. The summed E-state index contributed by atoms with van der Waals surface area (Å²) in [6.07, 6.45) is 8.88. The number of amides is 4. The van der Waals surface area contributed by atoms with Crippen molar-refractivity contribution in [1.29, 1.82) is 0 Å². The lowest BCUT2D eigenvalue weighted by molar-refractivity contribution is -0.156. The van der Waals surface area contributed by atoms with Crippen molar-refractivity contribution in [3.8, 4) is 11.1 Å². The van der Waals surface area contributed by atoms with Crippen molar-refractivity contribution in [1.82, 2.24) is 20.4 Å². The monoisotopic (exact) mass is 1010 g/mol. The fourth-order valence-corrected chi connectivity index (χ4v) is 11.2. The number of benzene rings is 5. The first kappa shape index (κ1) is 54.3. The van der Waals surface area contributed by atoms with E-state index in [2.05, 4.69) is 34.9 Å². The van der Waals surface area contributed by atoms with Gasteiger partial charge in [0, 0.05) is 48.8 Å². The maximum Gasteiger partial charge on any atom is 0.407 e. The molecule has 7 rings (SSSR count). The first-order valence-electron chi connectivity index (χ1n) is 26.2. The SMILES string of the molecule is CC[C@H](C)[C@H](NC(=O)OCC1c2ccccc2-c2ccccc21)C(=O)N(C)[C@H](C(=O)N[C@@H](CC(=O)OC(c1ccccc1)(c1ccc(C2CCCCCCCC2)cc1)c1ccccc1Cl)C(=O)N(C)C)C(C)C. The van der Waals surface area contributed by atoms with Crippen molar-refractivity contribution in [2.75, 3.05) is 27.7 Å². The number of fused-ring (bicyclic) bond motifs is 3. The summed E-state index contributed by atoms with van der Waals surface area (Å²) in [5.74, 6) is -3.01. The first-order chi connectivity index (χ1) is 35.2. The Morgan fingerprint density at radius 3 is 1.79 bits per heavy atom. The zero-order valence-corrected chi connectivity index (χ0v) is 44.3. The number of nitrogens with one attached hydrogen (secondary N) is 2. The number of alkyl carbamates (subject to hydrolysis) is 1. The Bertz CT molecular complexity index is 2640. The van der Waals surface area contributed by atoms with Crippen LogP contribution in [-0.2, 0) is 34.3 Å². The second kappa shape index (κ2) is 25.0. The number of halogens is 1. The third kappa shape index (κ3) is 12.5. The van der Waals surface area contributed by atoms with Crippen LogP contribution in [0.3, 0.4) is 0 Å². The summed E-state index contributed by atoms with van der Waals surface area (Å²) in [5, 5.41) is 6.06. The average Bonchev–Trinajstić information content (AvgIpc) is 3.78. The lowest BCUT2D eigenvalue weighted by Gasteiger charge is -2.37. The van der Waals surface area contributed by atoms with Crippen LogP contribution in [0, 0.1) is 11.8 Å². The summed E-state index contributed by atoms with van der Waals surface area (Å²) in [5.41, 5.74) is 5.86. The van der Waals surface area contributed by atoms with E-state index in [9.17, 15) is 24.0 Å². The van der Waals surface area contributed by atoms with Crippen LogP contribution in [0.2, 0.25) is 5.02 Å². The molecule has 0 spiro atoms. The van der Waals surface area contributed by atoms with Gasteiger partial charge in [-0.25, -0.2) is 4.79 Å². The standard InChI is InChI=1S/C61H73ClN4O7/c1-8-41(4)55(64-60(71)72-39-50-48-30-20-18-28-46(48)47-29-19-21-31-49(47)50)59(70)66(7)56(40(2)3)57(68)63-53(58(69)65(5)6)38-54(67)73-61(44-26-16-13-17-27-44,51-32-22-23-33-52(51)62)45-36-34-43(35-37-45)42-24-14-11-9-10-12-15-25-42/h13,16-23,26-37,40-42,50,53,55-56H,8-12,14-15,24-25,38-39H2,1-7H3,(H,63,68)(H,64,71)/t41-,53-,55-,56-,61?/m0/s1. The van der Waals surface area contributed by atoms with Crippen LogP contribution in [0.4, 0.5) is 4.79 Å². The molecule has 5 aromatic carbocycles. The predicted octanol–water partition coefficient (Wildman–Crippen LogP) is 11.8. The molecule has 0 aromatic heterocycles. The van der Waals surface area contributed by atoms with Gasteiger partial charge in [0.2, 0.25) is 17.7 Å². The Balaban J connectivity index is 1.12. The molecule has 0 bridgehead atoms. The summed E-state index contributed by atoms with van der Waals surface area (Å²) in [4.78, 5) is 74.4. The lowest BCUT2D eigenvalue weighted by Crippen LogP contribution is -2.59. The van der Waals surface area contributed by atoms with Crippen molar-refractivity contribution in [3.63, 3.8) is 0 Å². The molecule has 1 fully saturated rings. The van der Waals surface area contributed by atoms with Crippen LogP contribution in [0.5, 0.6) is 0 Å². The summed E-state index contributed by atoms with van der Waals surface area (Å²) < 4.78 is 12.6. The number of hydrogen-bond acceptors (Lipinski definition) is 7. The summed E-state index contributed by atoms with van der Waals surface area (Å²) in [6.45, 7) is 7.43. The lowest BCUT2D eigenvalue weighted by atomic mass is 9.78. The van der Waals surface area contributed by atoms with Gasteiger partial charge >= 0.3 is 12.1 Å². The Hall–Kier alpha value is -6.46. The fourth-order valence-electron chi connectivity index (χ4n) is 10.9. The molecule has 5 aromatic rings. The van der Waals surface area contributed by atoms with Crippen LogP contribution in [0.1, 0.15) is 137 Å². The van der Waals surface area contributed by atoms with Gasteiger partial charge in [0.15, 0.2) is 5.60 Å². The van der Waals surface area contributed by atoms with E-state index in [1.165, 1.54) is 60.9 Å². The van der Waals surface area contributed by atoms with E-state index in [0.29, 0.717) is 34.1 Å². The Morgan fingerprint density at radius 2 is 1.22 bits per heavy atom. The molecule has 386 valence electrons. The quantitative estimate of drug-likeness (QED) is 0.0659. The van der Waals surface area contributed by atoms with Crippen molar-refractivity contribution >= 4 is 41.4 Å². The van der Waals surface area contributed by atoms with Gasteiger partial charge in [0.05, 0.1) is 6.42 Å². The van der Waals surface area contributed by atoms with Crippen molar-refractivity contribution < 1.29 is 33.4 Å². The molecule has 12 heteroatoms. The number of rotatable bonds is 18. The number of esters is 1. The second-order valence-electron chi connectivity index (χ2n) is 20.5. The van der Waals surface area contributed by atoms with Gasteiger partial charge in [-0.05, 0) is 64.5 Å². The van der Waals surface area contributed by atoms with Crippen LogP contribution < -0.4 is 10.6 Å². The molecule has 11 nitrogen and oxygen atoms in total. The van der Waals surface area contributed by atoms with Crippen LogP contribution in [0.25, 0.3) is 11.1 Å². The topological polar surface area (TPSA) is 134 Å². The number of nitrogens with zero attached hydrogens (tertiary/aromatic N) is 2. The molecule has 73 heavy (non-hydrogen) atoms. The molecule has 5 atom stereocenters. The first-order valence-corrected chi connectivity index (χ1v) is 26.6.